The zero-order valence-corrected chi connectivity index (χ0v) is 18.3. The highest BCUT2D eigenvalue weighted by molar-refractivity contribution is 8.00. The minimum absolute atomic E-state index is 0.0698. The van der Waals surface area contributed by atoms with Crippen LogP contribution in [0.15, 0.2) is 11.3 Å². The second-order valence-electron chi connectivity index (χ2n) is 7.24. The average molecular weight is 467 g/mol. The highest BCUT2D eigenvalue weighted by Crippen LogP contribution is 2.40. The molecule has 2 aliphatic heterocycles. The molecule has 0 unspecified atom stereocenters. The number of β-lactam (4-membered cyclic amide) rings is 1. The summed E-state index contributed by atoms with van der Waals surface area (Å²) >= 11 is 1.26. The maximum Gasteiger partial charge on any atom is 0.352 e. The number of carbonyl (C=O) groups is 4. The summed E-state index contributed by atoms with van der Waals surface area (Å²) in [5.74, 6) is -2.70. The van der Waals surface area contributed by atoms with E-state index in [2.05, 4.69) is 10.4 Å². The topological polar surface area (TPSA) is 174 Å². The Morgan fingerprint density at radius 1 is 1.38 bits per heavy atom. The number of aliphatic carboxylic acids is 1. The van der Waals surface area contributed by atoms with Crippen molar-refractivity contribution in [3.8, 4) is 0 Å². The van der Waals surface area contributed by atoms with Crippen molar-refractivity contribution < 1.29 is 33.9 Å². The number of fused-ring (bicyclic) bond motifs is 1. The Hall–Kier alpha value is -3.42. The molecule has 0 aliphatic carbocycles. The zero-order chi connectivity index (χ0) is 23.7. The number of esters is 1. The smallest absolute Gasteiger partial charge is 0.352 e. The average Bonchev–Trinajstić information content (AvgIpc) is 3.00. The van der Waals surface area contributed by atoms with Crippen LogP contribution in [0.1, 0.15) is 24.7 Å². The number of ether oxygens (including phenoxy) is 1. The van der Waals surface area contributed by atoms with Crippen LogP contribution in [-0.4, -0.2) is 72.2 Å². The molecule has 2 atom stereocenters. The normalized spacial score (nSPS) is 19.8. The van der Waals surface area contributed by atoms with Crippen molar-refractivity contribution in [1.29, 1.82) is 0 Å². The maximum absolute atomic E-state index is 12.6. The first-order valence-electron chi connectivity index (χ1n) is 9.54. The molecular weight excluding hydrogens is 446 g/mol. The SMILES string of the molecule is CC(=O)OCC1=C(C(=O)O)N2C(=O)[C@@H](NC(=O)CCn3nc(C)c([N+](=O)[O-])c3C)[C@H]2SC1. The number of carbonyl (C=O) groups excluding carboxylic acids is 3. The minimum atomic E-state index is -1.32. The number of nitro groups is 1. The summed E-state index contributed by atoms with van der Waals surface area (Å²) in [5, 5.41) is 26.7. The van der Waals surface area contributed by atoms with E-state index >= 15 is 0 Å². The lowest BCUT2D eigenvalue weighted by Gasteiger charge is -2.49. The van der Waals surface area contributed by atoms with E-state index in [-0.39, 0.29) is 42.4 Å². The van der Waals surface area contributed by atoms with Gasteiger partial charge >= 0.3 is 17.6 Å². The Morgan fingerprint density at radius 3 is 2.62 bits per heavy atom. The van der Waals surface area contributed by atoms with Crippen LogP contribution in [-0.2, 0) is 30.5 Å². The lowest BCUT2D eigenvalue weighted by Crippen LogP contribution is -2.70. The predicted octanol–water partition coefficient (Wildman–Crippen LogP) is 0.0999. The third-order valence-corrected chi connectivity index (χ3v) is 6.43. The Kier molecular flexibility index (Phi) is 6.52. The van der Waals surface area contributed by atoms with Gasteiger partial charge in [-0.3, -0.25) is 34.1 Å². The predicted molar refractivity (Wildman–Crippen MR) is 109 cm³/mol. The number of aromatic nitrogens is 2. The number of nitrogens with one attached hydrogen (secondary N) is 1. The van der Waals surface area contributed by atoms with E-state index < -0.39 is 40.1 Å². The second kappa shape index (κ2) is 8.98. The Bertz CT molecular complexity index is 1050. The number of carboxylic acids is 1. The van der Waals surface area contributed by atoms with Crippen LogP contribution in [0.2, 0.25) is 0 Å². The van der Waals surface area contributed by atoms with Crippen LogP contribution in [0.5, 0.6) is 0 Å². The summed E-state index contributed by atoms with van der Waals surface area (Å²) in [6.07, 6.45) is -0.0698. The van der Waals surface area contributed by atoms with Gasteiger partial charge in [-0.15, -0.1) is 11.8 Å². The quantitative estimate of drug-likeness (QED) is 0.231. The molecule has 1 aromatic rings. The second-order valence-corrected chi connectivity index (χ2v) is 8.35. The van der Waals surface area contributed by atoms with Crippen LogP contribution in [0.25, 0.3) is 0 Å². The van der Waals surface area contributed by atoms with Crippen LogP contribution in [0.4, 0.5) is 5.69 Å². The molecule has 2 N–H and O–H groups in total. The Balaban J connectivity index is 1.63. The summed E-state index contributed by atoms with van der Waals surface area (Å²) in [4.78, 5) is 59.3. The fraction of sp³-hybridized carbons (Fsp3) is 0.500. The minimum Gasteiger partial charge on any atom is -0.477 e. The molecule has 3 rings (SSSR count). The Morgan fingerprint density at radius 2 is 2.06 bits per heavy atom. The van der Waals surface area contributed by atoms with Gasteiger partial charge in [0.25, 0.3) is 5.91 Å². The van der Waals surface area contributed by atoms with Gasteiger partial charge in [-0.2, -0.15) is 5.10 Å². The maximum atomic E-state index is 12.6. The van der Waals surface area contributed by atoms with Crippen molar-refractivity contribution in [3.05, 3.63) is 32.8 Å². The van der Waals surface area contributed by atoms with Crippen LogP contribution < -0.4 is 5.32 Å². The van der Waals surface area contributed by atoms with Crippen molar-refractivity contribution in [3.63, 3.8) is 0 Å². The molecular formula is C18H21N5O8S. The van der Waals surface area contributed by atoms with E-state index in [9.17, 15) is 34.4 Å². The molecule has 32 heavy (non-hydrogen) atoms. The van der Waals surface area contributed by atoms with Crippen LogP contribution >= 0.6 is 11.8 Å². The molecule has 0 aromatic carbocycles. The van der Waals surface area contributed by atoms with Crippen molar-refractivity contribution in [2.45, 2.75) is 45.2 Å². The zero-order valence-electron chi connectivity index (χ0n) is 17.5. The molecule has 0 spiro atoms. The molecule has 0 radical (unpaired) electrons. The highest BCUT2D eigenvalue weighted by atomic mass is 32.2. The monoisotopic (exact) mass is 467 g/mol. The molecule has 2 aliphatic rings. The van der Waals surface area contributed by atoms with Gasteiger partial charge in [0.2, 0.25) is 5.91 Å². The lowest BCUT2D eigenvalue weighted by molar-refractivity contribution is -0.386. The van der Waals surface area contributed by atoms with Crippen molar-refractivity contribution >= 4 is 41.2 Å². The first kappa shape index (κ1) is 23.2. The number of thioether (sulfide) groups is 1. The lowest BCUT2D eigenvalue weighted by atomic mass is 10.0. The molecule has 0 saturated carbocycles. The van der Waals surface area contributed by atoms with Crippen molar-refractivity contribution in [2.24, 2.45) is 0 Å². The molecule has 1 aromatic heterocycles. The number of aryl methyl sites for hydroxylation is 2. The van der Waals surface area contributed by atoms with Gasteiger partial charge in [0.05, 0.1) is 11.5 Å². The summed E-state index contributed by atoms with van der Waals surface area (Å²) in [6, 6.07) is -0.896. The third kappa shape index (κ3) is 4.30. The van der Waals surface area contributed by atoms with Gasteiger partial charge in [0, 0.05) is 24.7 Å². The summed E-state index contributed by atoms with van der Waals surface area (Å²) in [6.45, 7) is 4.10. The molecule has 13 nitrogen and oxygen atoms in total. The highest BCUT2D eigenvalue weighted by Gasteiger charge is 2.54. The molecule has 2 amide bonds. The van der Waals surface area contributed by atoms with Gasteiger partial charge in [0.15, 0.2) is 0 Å². The van der Waals surface area contributed by atoms with Gasteiger partial charge in [-0.1, -0.05) is 0 Å². The molecule has 0 bridgehead atoms. The summed E-state index contributed by atoms with van der Waals surface area (Å²) in [5.41, 5.74) is 0.532. The largest absolute Gasteiger partial charge is 0.477 e. The number of hydrogen-bond acceptors (Lipinski definition) is 9. The summed E-state index contributed by atoms with van der Waals surface area (Å²) in [7, 11) is 0. The molecule has 14 heteroatoms. The van der Waals surface area contributed by atoms with E-state index in [1.54, 1.807) is 0 Å². The fourth-order valence-corrected chi connectivity index (χ4v) is 4.93. The van der Waals surface area contributed by atoms with Crippen molar-refractivity contribution in [2.75, 3.05) is 12.4 Å². The van der Waals surface area contributed by atoms with Gasteiger partial charge in [-0.25, -0.2) is 4.79 Å². The standard InChI is InChI=1S/C18H21N5O8S/c1-8-14(23(29)30)9(2)21(20-8)5-4-12(25)19-13-16(26)22-15(18(27)28)11(6-31-10(3)24)7-32-17(13)22/h13,17H,4-7H2,1-3H3,(H,19,25)(H,27,28)/t13-,17-/m1/s1. The molecule has 1 saturated heterocycles. The fourth-order valence-electron chi connectivity index (χ4n) is 3.61. The number of rotatable bonds is 8. The first-order valence-corrected chi connectivity index (χ1v) is 10.6. The van der Waals surface area contributed by atoms with Crippen LogP contribution in [0.3, 0.4) is 0 Å². The van der Waals surface area contributed by atoms with E-state index in [0.29, 0.717) is 11.3 Å². The number of hydrogen-bond donors (Lipinski definition) is 2. The van der Waals surface area contributed by atoms with Crippen LogP contribution in [0, 0.1) is 24.0 Å². The molecule has 3 heterocycles. The molecule has 172 valence electrons. The first-order chi connectivity index (χ1) is 15.0. The number of carboxylic acid groups (broad SMARTS) is 1. The van der Waals surface area contributed by atoms with E-state index in [0.717, 1.165) is 4.90 Å². The van der Waals surface area contributed by atoms with Crippen molar-refractivity contribution in [1.82, 2.24) is 20.0 Å². The Labute approximate surface area is 185 Å². The van der Waals surface area contributed by atoms with Gasteiger partial charge in [0.1, 0.15) is 35.1 Å². The summed E-state index contributed by atoms with van der Waals surface area (Å²) < 4.78 is 6.24. The van der Waals surface area contributed by atoms with E-state index in [1.165, 1.54) is 37.2 Å². The van der Waals surface area contributed by atoms with Gasteiger partial charge in [-0.05, 0) is 13.8 Å². The number of nitrogens with zero attached hydrogens (tertiary/aromatic N) is 4. The number of amides is 2. The third-order valence-electron chi connectivity index (χ3n) is 5.09. The molecule has 1 fully saturated rings. The van der Waals surface area contributed by atoms with Gasteiger partial charge < -0.3 is 15.2 Å². The van der Waals surface area contributed by atoms with E-state index in [4.69, 9.17) is 4.74 Å². The van der Waals surface area contributed by atoms with E-state index in [1.807, 2.05) is 0 Å².